The second-order valence-corrected chi connectivity index (χ2v) is 6.87. The predicted octanol–water partition coefficient (Wildman–Crippen LogP) is 1.69. The largest absolute Gasteiger partial charge is 0.479 e. The van der Waals surface area contributed by atoms with E-state index in [1.807, 2.05) is 18.2 Å². The van der Waals surface area contributed by atoms with Gasteiger partial charge in [-0.15, -0.1) is 11.3 Å². The van der Waals surface area contributed by atoms with E-state index in [0.717, 1.165) is 10.6 Å². The lowest BCUT2D eigenvalue weighted by Crippen LogP contribution is -2.55. The third-order valence-electron chi connectivity index (χ3n) is 3.83. The summed E-state index contributed by atoms with van der Waals surface area (Å²) in [6.07, 6.45) is -0.0202. The lowest BCUT2D eigenvalue weighted by Gasteiger charge is -2.25. The molecule has 2 N–H and O–H groups in total. The van der Waals surface area contributed by atoms with Crippen molar-refractivity contribution < 1.29 is 28.9 Å². The highest BCUT2D eigenvalue weighted by Gasteiger charge is 2.35. The van der Waals surface area contributed by atoms with Gasteiger partial charge in [0.05, 0.1) is 18.7 Å². The Hall–Kier alpha value is -2.65. The van der Waals surface area contributed by atoms with Gasteiger partial charge in [-0.1, -0.05) is 0 Å². The van der Waals surface area contributed by atoms with E-state index in [2.05, 4.69) is 10.3 Å². The molecule has 3 rings (SSSR count). The minimum Gasteiger partial charge on any atom is -0.479 e. The zero-order valence-corrected chi connectivity index (χ0v) is 15.1. The fourth-order valence-corrected chi connectivity index (χ4v) is 3.32. The van der Waals surface area contributed by atoms with Crippen molar-refractivity contribution in [2.75, 3.05) is 20.5 Å². The lowest BCUT2D eigenvalue weighted by molar-refractivity contribution is -0.149. The number of aromatic nitrogens is 1. The standard InChI is InChI=1S/C17H18N2O6S/c1-17(8-23-2,16(21)22)19-14(20)6-11-7-26-15(18-11)10-3-4-12-13(5-10)25-9-24-12/h3-5,7H,6,8-9H2,1-2H3,(H,19,20)(H,21,22). The number of fused-ring (bicyclic) bond motifs is 1. The van der Waals surface area contributed by atoms with Crippen molar-refractivity contribution in [1.82, 2.24) is 10.3 Å². The molecule has 1 aromatic heterocycles. The van der Waals surface area contributed by atoms with Crippen LogP contribution >= 0.6 is 11.3 Å². The van der Waals surface area contributed by atoms with E-state index in [1.165, 1.54) is 25.4 Å². The normalized spacial score (nSPS) is 14.7. The van der Waals surface area contributed by atoms with Gasteiger partial charge in [-0.05, 0) is 25.1 Å². The molecule has 0 bridgehead atoms. The van der Waals surface area contributed by atoms with Crippen LogP contribution in [0.1, 0.15) is 12.6 Å². The monoisotopic (exact) mass is 378 g/mol. The number of nitrogens with one attached hydrogen (secondary N) is 1. The first-order valence-corrected chi connectivity index (χ1v) is 8.67. The predicted molar refractivity (Wildman–Crippen MR) is 93.4 cm³/mol. The van der Waals surface area contributed by atoms with E-state index in [4.69, 9.17) is 14.2 Å². The Labute approximate surface area is 153 Å². The number of thiazole rings is 1. The molecule has 1 aromatic carbocycles. The Morgan fingerprint density at radius 3 is 2.88 bits per heavy atom. The number of methoxy groups -OCH3 is 1. The molecule has 1 unspecified atom stereocenters. The number of carboxylic acids is 1. The number of carbonyl (C=O) groups is 2. The molecule has 1 amide bonds. The van der Waals surface area contributed by atoms with Crippen LogP contribution in [0.5, 0.6) is 11.5 Å². The molecule has 1 aliphatic rings. The van der Waals surface area contributed by atoms with Gasteiger partial charge in [0.2, 0.25) is 12.7 Å². The number of ether oxygens (including phenoxy) is 3. The van der Waals surface area contributed by atoms with E-state index in [-0.39, 0.29) is 19.8 Å². The molecule has 0 saturated carbocycles. The van der Waals surface area contributed by atoms with Crippen LogP contribution in [0, 0.1) is 0 Å². The zero-order valence-electron chi connectivity index (χ0n) is 14.3. The molecule has 0 spiro atoms. The van der Waals surface area contributed by atoms with E-state index in [1.54, 1.807) is 5.38 Å². The van der Waals surface area contributed by atoms with E-state index >= 15 is 0 Å². The first-order valence-electron chi connectivity index (χ1n) is 7.79. The smallest absolute Gasteiger partial charge is 0.331 e. The van der Waals surface area contributed by atoms with Gasteiger partial charge < -0.3 is 24.6 Å². The summed E-state index contributed by atoms with van der Waals surface area (Å²) in [6.45, 7) is 1.47. The minimum absolute atomic E-state index is 0.0202. The van der Waals surface area contributed by atoms with Gasteiger partial charge in [-0.3, -0.25) is 4.79 Å². The Kier molecular flexibility index (Phi) is 5.10. The summed E-state index contributed by atoms with van der Waals surface area (Å²) < 4.78 is 15.5. The molecule has 0 aliphatic carbocycles. The number of aliphatic carboxylic acids is 1. The first kappa shape index (κ1) is 18.2. The van der Waals surface area contributed by atoms with Crippen LogP contribution in [0.15, 0.2) is 23.6 Å². The maximum Gasteiger partial charge on any atom is 0.331 e. The summed E-state index contributed by atoms with van der Waals surface area (Å²) >= 11 is 1.40. The van der Waals surface area contributed by atoms with Crippen LogP contribution in [-0.2, 0) is 20.7 Å². The first-order chi connectivity index (χ1) is 12.4. The number of carboxylic acid groups (broad SMARTS) is 1. The fourth-order valence-electron chi connectivity index (χ4n) is 2.51. The molecule has 0 fully saturated rings. The number of amides is 1. The van der Waals surface area contributed by atoms with Crippen LogP contribution < -0.4 is 14.8 Å². The van der Waals surface area contributed by atoms with E-state index in [9.17, 15) is 14.7 Å². The Balaban J connectivity index is 1.68. The van der Waals surface area contributed by atoms with Crippen LogP contribution in [-0.4, -0.2) is 48.0 Å². The van der Waals surface area contributed by atoms with Crippen molar-refractivity contribution >= 4 is 23.2 Å². The average Bonchev–Trinajstić information content (AvgIpc) is 3.22. The number of hydrogen-bond acceptors (Lipinski definition) is 7. The zero-order chi connectivity index (χ0) is 18.7. The summed E-state index contributed by atoms with van der Waals surface area (Å²) in [4.78, 5) is 28.0. The highest BCUT2D eigenvalue weighted by atomic mass is 32.1. The molecule has 9 heteroatoms. The fraction of sp³-hybridized carbons (Fsp3) is 0.353. The van der Waals surface area contributed by atoms with Gasteiger partial charge in [0, 0.05) is 18.1 Å². The molecule has 1 atom stereocenters. The maximum atomic E-state index is 12.2. The van der Waals surface area contributed by atoms with Gasteiger partial charge in [0.1, 0.15) is 5.01 Å². The Morgan fingerprint density at radius 2 is 2.15 bits per heavy atom. The third-order valence-corrected chi connectivity index (χ3v) is 4.77. The van der Waals surface area contributed by atoms with Gasteiger partial charge in [-0.25, -0.2) is 9.78 Å². The lowest BCUT2D eigenvalue weighted by atomic mass is 10.0. The summed E-state index contributed by atoms with van der Waals surface area (Å²) in [6, 6.07) is 5.52. The number of benzene rings is 1. The third kappa shape index (κ3) is 3.78. The molecule has 0 radical (unpaired) electrons. The van der Waals surface area contributed by atoms with Gasteiger partial charge in [0.15, 0.2) is 17.0 Å². The maximum absolute atomic E-state index is 12.2. The van der Waals surface area contributed by atoms with Crippen LogP contribution in [0.25, 0.3) is 10.6 Å². The SMILES string of the molecule is COCC(C)(NC(=O)Cc1csc(-c2ccc3c(c2)OCO3)n1)C(=O)O. The summed E-state index contributed by atoms with van der Waals surface area (Å²) in [7, 11) is 1.38. The van der Waals surface area contributed by atoms with Crippen LogP contribution in [0.2, 0.25) is 0 Å². The second-order valence-electron chi connectivity index (χ2n) is 6.01. The second kappa shape index (κ2) is 7.30. The Bertz CT molecular complexity index is 836. The van der Waals surface area contributed by atoms with Crippen molar-refractivity contribution in [3.8, 4) is 22.1 Å². The highest BCUT2D eigenvalue weighted by molar-refractivity contribution is 7.13. The Morgan fingerprint density at radius 1 is 1.38 bits per heavy atom. The molecule has 2 aromatic rings. The van der Waals surface area contributed by atoms with E-state index < -0.39 is 17.4 Å². The van der Waals surface area contributed by atoms with Crippen molar-refractivity contribution in [2.45, 2.75) is 18.9 Å². The van der Waals surface area contributed by atoms with Gasteiger partial charge in [0.25, 0.3) is 0 Å². The van der Waals surface area contributed by atoms with Gasteiger partial charge >= 0.3 is 5.97 Å². The van der Waals surface area contributed by atoms with E-state index in [0.29, 0.717) is 17.2 Å². The minimum atomic E-state index is -1.48. The average molecular weight is 378 g/mol. The molecule has 0 saturated heterocycles. The number of nitrogens with zero attached hydrogens (tertiary/aromatic N) is 1. The summed E-state index contributed by atoms with van der Waals surface area (Å²) in [5.41, 5.74) is -0.0619. The molecular weight excluding hydrogens is 360 g/mol. The van der Waals surface area contributed by atoms with Gasteiger partial charge in [-0.2, -0.15) is 0 Å². The molecule has 2 heterocycles. The highest BCUT2D eigenvalue weighted by Crippen LogP contribution is 2.36. The molecule has 26 heavy (non-hydrogen) atoms. The molecule has 1 aliphatic heterocycles. The van der Waals surface area contributed by atoms with Crippen LogP contribution in [0.4, 0.5) is 0 Å². The van der Waals surface area contributed by atoms with Crippen molar-refractivity contribution in [3.63, 3.8) is 0 Å². The quantitative estimate of drug-likeness (QED) is 0.755. The number of rotatable bonds is 7. The van der Waals surface area contributed by atoms with Crippen molar-refractivity contribution in [1.29, 1.82) is 0 Å². The summed E-state index contributed by atoms with van der Waals surface area (Å²) in [5.74, 6) is -0.244. The van der Waals surface area contributed by atoms with Crippen LogP contribution in [0.3, 0.4) is 0 Å². The van der Waals surface area contributed by atoms with Crippen molar-refractivity contribution in [3.05, 3.63) is 29.3 Å². The molecule has 138 valence electrons. The topological polar surface area (TPSA) is 107 Å². The molecule has 8 nitrogen and oxygen atoms in total. The number of carbonyl (C=O) groups excluding carboxylic acids is 1. The summed E-state index contributed by atoms with van der Waals surface area (Å²) in [5, 5.41) is 14.3. The van der Waals surface area contributed by atoms with Crippen molar-refractivity contribution in [2.24, 2.45) is 0 Å². The molecular formula is C17H18N2O6S. The number of hydrogen-bond donors (Lipinski definition) is 2.